The van der Waals surface area contributed by atoms with Gasteiger partial charge in [-0.05, 0) is 74.4 Å². The number of carbonyl (C=O) groups is 4. The number of amides is 6. The molecule has 7 heterocycles. The number of nitrogens with one attached hydrogen (secondary N) is 4. The maximum absolute atomic E-state index is 12.9. The van der Waals surface area contributed by atoms with Crippen LogP contribution in [0, 0.1) is 11.3 Å². The summed E-state index contributed by atoms with van der Waals surface area (Å²) in [6.07, 6.45) is 10.2. The van der Waals surface area contributed by atoms with Crippen LogP contribution in [0.1, 0.15) is 44.9 Å². The fourth-order valence-electron chi connectivity index (χ4n) is 6.73. The minimum Gasteiger partial charge on any atom is -0.456 e. The smallest absolute Gasteiger partial charge is 0.394 e. The van der Waals surface area contributed by atoms with Crippen molar-refractivity contribution in [1.29, 1.82) is 0 Å². The summed E-state index contributed by atoms with van der Waals surface area (Å²) in [7, 11) is 3.64. The maximum Gasteiger partial charge on any atom is 0.394 e. The van der Waals surface area contributed by atoms with Crippen LogP contribution >= 0.6 is 0 Å². The van der Waals surface area contributed by atoms with Crippen LogP contribution in [0.4, 0.5) is 34.4 Å². The van der Waals surface area contributed by atoms with E-state index in [0.29, 0.717) is 54.1 Å². The van der Waals surface area contributed by atoms with Gasteiger partial charge in [-0.25, -0.2) is 19.6 Å². The predicted octanol–water partition coefficient (Wildman–Crippen LogP) is 7.57. The Morgan fingerprint density at radius 3 is 1.62 bits per heavy atom. The fraction of sp³-hybridized carbons (Fsp3) is 0.318. The molecule has 6 aromatic heterocycles. The molecule has 6 aromatic rings. The van der Waals surface area contributed by atoms with E-state index < -0.39 is 29.6 Å². The first-order chi connectivity index (χ1) is 31.7. The zero-order valence-corrected chi connectivity index (χ0v) is 35.7. The first kappa shape index (κ1) is 46.2. The van der Waals surface area contributed by atoms with Crippen LogP contribution in [-0.4, -0.2) is 82.8 Å². The van der Waals surface area contributed by atoms with E-state index in [2.05, 4.69) is 46.1 Å². The molecule has 19 nitrogen and oxygen atoms in total. The van der Waals surface area contributed by atoms with Crippen LogP contribution in [-0.2, 0) is 28.4 Å². The summed E-state index contributed by atoms with van der Waals surface area (Å²) >= 11 is 0. The van der Waals surface area contributed by atoms with Gasteiger partial charge < -0.3 is 14.2 Å². The lowest BCUT2D eigenvalue weighted by atomic mass is 9.96. The van der Waals surface area contributed by atoms with Crippen molar-refractivity contribution in [3.63, 3.8) is 0 Å². The third kappa shape index (κ3) is 13.2. The average Bonchev–Trinajstić information content (AvgIpc) is 3.79. The van der Waals surface area contributed by atoms with Crippen LogP contribution in [0.2, 0.25) is 0 Å². The van der Waals surface area contributed by atoms with Crippen molar-refractivity contribution in [3.05, 3.63) is 98.1 Å². The first-order valence-electron chi connectivity index (χ1n) is 20.7. The molecule has 1 aliphatic heterocycles. The van der Waals surface area contributed by atoms with Gasteiger partial charge in [0.1, 0.15) is 34.6 Å². The lowest BCUT2D eigenvalue weighted by Crippen LogP contribution is -2.36. The van der Waals surface area contributed by atoms with Crippen molar-refractivity contribution in [1.82, 2.24) is 50.1 Å². The summed E-state index contributed by atoms with van der Waals surface area (Å²) in [5.41, 5.74) is 1.35. The predicted molar refractivity (Wildman–Crippen MR) is 231 cm³/mol. The number of rotatable bonds is 13. The number of anilines is 2. The SMILES string of the molecule is Cn1cc(-c2cc(Oc3ccc(NC(=O)NC(=O)CC4CCOCC4)nc3)ccn2)cn1.Cn1cc(-c2cc(Oc3ccc(NC(=O)NC(=O)CCC4(C(F)(F)F)CC4)nc3)ccn2)cn1. The number of alkyl halides is 3. The molecule has 0 aromatic carbocycles. The molecule has 2 fully saturated rings. The molecule has 6 amide bonds. The molecule has 0 bridgehead atoms. The highest BCUT2D eigenvalue weighted by Gasteiger charge is 2.62. The Balaban J connectivity index is 0.000000197. The third-order valence-electron chi connectivity index (χ3n) is 10.5. The van der Waals surface area contributed by atoms with Gasteiger partial charge >= 0.3 is 18.2 Å². The summed E-state index contributed by atoms with van der Waals surface area (Å²) in [6.45, 7) is 1.32. The highest BCUT2D eigenvalue weighted by molar-refractivity contribution is 6.01. The number of carbonyl (C=O) groups excluding carboxylic acids is 4. The maximum atomic E-state index is 12.9. The Hall–Kier alpha value is -7.75. The molecule has 66 heavy (non-hydrogen) atoms. The molecule has 1 saturated heterocycles. The van der Waals surface area contributed by atoms with Crippen LogP contribution in [0.5, 0.6) is 23.0 Å². The first-order valence-corrected chi connectivity index (χ1v) is 20.7. The monoisotopic (exact) mass is 910 g/mol. The number of urea groups is 2. The topological polar surface area (TPSA) is 231 Å². The Morgan fingerprint density at radius 2 is 1.20 bits per heavy atom. The summed E-state index contributed by atoms with van der Waals surface area (Å²) in [6, 6.07) is 11.8. The Labute approximate surface area is 375 Å². The largest absolute Gasteiger partial charge is 0.456 e. The molecule has 344 valence electrons. The average molecular weight is 911 g/mol. The van der Waals surface area contributed by atoms with E-state index in [-0.39, 0.29) is 43.3 Å². The third-order valence-corrected chi connectivity index (χ3v) is 10.5. The molecule has 0 radical (unpaired) electrons. The van der Waals surface area contributed by atoms with Gasteiger partial charge in [-0.3, -0.25) is 50.2 Å². The molecule has 4 N–H and O–H groups in total. The van der Waals surface area contributed by atoms with Crippen LogP contribution in [0.3, 0.4) is 0 Å². The molecule has 0 atom stereocenters. The van der Waals surface area contributed by atoms with Crippen molar-refractivity contribution in [2.24, 2.45) is 25.4 Å². The van der Waals surface area contributed by atoms with Gasteiger partial charge in [0.2, 0.25) is 11.8 Å². The number of hydrogen-bond acceptors (Lipinski definition) is 13. The second-order valence-electron chi connectivity index (χ2n) is 15.6. The van der Waals surface area contributed by atoms with Crippen LogP contribution in [0.15, 0.2) is 98.1 Å². The number of imide groups is 2. The van der Waals surface area contributed by atoms with E-state index >= 15 is 0 Å². The minimum atomic E-state index is -4.33. The summed E-state index contributed by atoms with van der Waals surface area (Å²) < 4.78 is 59.0. The number of aromatic nitrogens is 8. The summed E-state index contributed by atoms with van der Waals surface area (Å²) in [4.78, 5) is 64.7. The van der Waals surface area contributed by atoms with E-state index in [1.807, 2.05) is 24.8 Å². The molecule has 1 saturated carbocycles. The van der Waals surface area contributed by atoms with Crippen molar-refractivity contribution >= 4 is 35.5 Å². The van der Waals surface area contributed by atoms with Crippen molar-refractivity contribution in [2.45, 2.75) is 51.1 Å². The van der Waals surface area contributed by atoms with Gasteiger partial charge in [-0.2, -0.15) is 23.4 Å². The van der Waals surface area contributed by atoms with Gasteiger partial charge in [0.05, 0.1) is 41.6 Å². The van der Waals surface area contributed by atoms with E-state index in [0.717, 1.165) is 29.7 Å². The Morgan fingerprint density at radius 1 is 0.697 bits per heavy atom. The molecule has 2 aliphatic rings. The number of aryl methyl sites for hydroxylation is 2. The van der Waals surface area contributed by atoms with E-state index in [4.69, 9.17) is 14.2 Å². The molecular weight excluding hydrogens is 866 g/mol. The molecule has 1 aliphatic carbocycles. The minimum absolute atomic E-state index is 0.0125. The molecule has 0 spiro atoms. The summed E-state index contributed by atoms with van der Waals surface area (Å²) in [5.74, 6) is 1.60. The highest BCUT2D eigenvalue weighted by Crippen LogP contribution is 2.60. The van der Waals surface area contributed by atoms with Gasteiger partial charge in [-0.1, -0.05) is 0 Å². The van der Waals surface area contributed by atoms with E-state index in [9.17, 15) is 32.3 Å². The Kier molecular flexibility index (Phi) is 14.6. The number of ether oxygens (including phenoxy) is 3. The molecule has 0 unspecified atom stereocenters. The van der Waals surface area contributed by atoms with Crippen molar-refractivity contribution < 1.29 is 46.6 Å². The zero-order chi connectivity index (χ0) is 46.7. The van der Waals surface area contributed by atoms with E-state index in [1.54, 1.807) is 83.7 Å². The fourth-order valence-corrected chi connectivity index (χ4v) is 6.73. The van der Waals surface area contributed by atoms with Crippen LogP contribution in [0.25, 0.3) is 22.5 Å². The van der Waals surface area contributed by atoms with Gasteiger partial charge in [0, 0.05) is 88.2 Å². The number of hydrogen-bond donors (Lipinski definition) is 4. The van der Waals surface area contributed by atoms with Gasteiger partial charge in [0.15, 0.2) is 0 Å². The highest BCUT2D eigenvalue weighted by atomic mass is 19.4. The van der Waals surface area contributed by atoms with Gasteiger partial charge in [0.25, 0.3) is 0 Å². The molecular formula is C44H45F3N12O7. The Bertz CT molecular complexity index is 2630. The van der Waals surface area contributed by atoms with Crippen LogP contribution < -0.4 is 30.7 Å². The summed E-state index contributed by atoms with van der Waals surface area (Å²) in [5, 5.41) is 17.5. The number of halogens is 3. The van der Waals surface area contributed by atoms with Crippen molar-refractivity contribution in [3.8, 4) is 45.5 Å². The number of nitrogens with zero attached hydrogens (tertiary/aromatic N) is 8. The van der Waals surface area contributed by atoms with E-state index in [1.165, 1.54) is 18.5 Å². The second kappa shape index (κ2) is 20.8. The van der Waals surface area contributed by atoms with Gasteiger partial charge in [-0.15, -0.1) is 0 Å². The lowest BCUT2D eigenvalue weighted by molar-refractivity contribution is -0.189. The second-order valence-corrected chi connectivity index (χ2v) is 15.6. The van der Waals surface area contributed by atoms with Crippen molar-refractivity contribution in [2.75, 3.05) is 23.8 Å². The normalized spacial score (nSPS) is 14.2. The molecule has 8 rings (SSSR count). The zero-order valence-electron chi connectivity index (χ0n) is 35.7. The lowest BCUT2D eigenvalue weighted by Gasteiger charge is -2.21. The quantitative estimate of drug-likeness (QED) is 0.0877. The number of pyridine rings is 4. The standard InChI is InChI=1S/C22H21F3N6O3.C22H24N6O4/c1-31-13-14(11-28-31)17-10-15(5-9-26-17)34-16-2-3-18(27-12-16)29-20(33)30-19(32)4-6-21(7-8-21)22(23,24)25;1-28-14-16(12-25-28)19-11-17(4-7-23-19)32-18-2-3-20(24-13-18)26-22(30)27-21(29)10-15-5-8-31-9-6-15/h2-3,5,9-13H,4,6-8H2,1H3,(H2,27,29,30,32,33);2-4,7,11-15H,5-6,8-10H2,1H3,(H2,24,26,27,29,30). The molecule has 22 heteroatoms.